The van der Waals surface area contributed by atoms with E-state index in [2.05, 4.69) is 15.2 Å². The number of likely N-dealkylation sites (tertiary alicyclic amines) is 1. The Labute approximate surface area is 166 Å². The maximum Gasteiger partial charge on any atom is 0.233 e. The fourth-order valence-corrected chi connectivity index (χ4v) is 4.03. The molecule has 0 N–H and O–H groups in total. The van der Waals surface area contributed by atoms with Crippen LogP contribution in [0.25, 0.3) is 17.1 Å². The van der Waals surface area contributed by atoms with E-state index in [1.807, 2.05) is 45.9 Å². The van der Waals surface area contributed by atoms with Crippen molar-refractivity contribution >= 4 is 29.3 Å². The molecule has 1 aromatic carbocycles. The van der Waals surface area contributed by atoms with Gasteiger partial charge in [-0.3, -0.25) is 14.3 Å². The van der Waals surface area contributed by atoms with Crippen LogP contribution in [0, 0.1) is 0 Å². The van der Waals surface area contributed by atoms with E-state index in [4.69, 9.17) is 11.6 Å². The number of hydrogen-bond acceptors (Lipinski definition) is 5. The zero-order chi connectivity index (χ0) is 18.6. The predicted molar refractivity (Wildman–Crippen MR) is 106 cm³/mol. The number of thioether (sulfide) groups is 1. The third-order valence-corrected chi connectivity index (χ3v) is 5.59. The van der Waals surface area contributed by atoms with Crippen molar-refractivity contribution in [2.45, 2.75) is 18.0 Å². The quantitative estimate of drug-likeness (QED) is 0.612. The lowest BCUT2D eigenvalue weighted by atomic mass is 10.2. The predicted octanol–water partition coefficient (Wildman–Crippen LogP) is 3.70. The Bertz CT molecular complexity index is 923. The molecule has 0 radical (unpaired) electrons. The molecule has 3 heterocycles. The zero-order valence-corrected chi connectivity index (χ0v) is 16.2. The number of carbonyl (C=O) groups excluding carboxylic acids is 1. The summed E-state index contributed by atoms with van der Waals surface area (Å²) in [5.41, 5.74) is 1.75. The summed E-state index contributed by atoms with van der Waals surface area (Å²) in [5.74, 6) is 1.17. The average molecular weight is 400 g/mol. The normalized spacial score (nSPS) is 13.9. The molecule has 0 bridgehead atoms. The van der Waals surface area contributed by atoms with Gasteiger partial charge in [0, 0.05) is 41.8 Å². The maximum absolute atomic E-state index is 12.4. The first kappa shape index (κ1) is 18.0. The number of aromatic nitrogens is 4. The van der Waals surface area contributed by atoms with Crippen LogP contribution in [0.2, 0.25) is 5.02 Å². The average Bonchev–Trinajstić information content (AvgIpc) is 3.38. The summed E-state index contributed by atoms with van der Waals surface area (Å²) in [6, 6.07) is 11.3. The monoisotopic (exact) mass is 399 g/mol. The number of hydrogen-bond donors (Lipinski definition) is 0. The highest BCUT2D eigenvalue weighted by atomic mass is 35.5. The van der Waals surface area contributed by atoms with E-state index in [9.17, 15) is 4.79 Å². The summed E-state index contributed by atoms with van der Waals surface area (Å²) in [6.07, 6.45) is 5.64. The van der Waals surface area contributed by atoms with Crippen molar-refractivity contribution in [2.75, 3.05) is 18.8 Å². The molecule has 27 heavy (non-hydrogen) atoms. The largest absolute Gasteiger partial charge is 0.342 e. The van der Waals surface area contributed by atoms with Gasteiger partial charge in [0.1, 0.15) is 0 Å². The summed E-state index contributed by atoms with van der Waals surface area (Å²) < 4.78 is 1.94. The van der Waals surface area contributed by atoms with Gasteiger partial charge < -0.3 is 4.90 Å². The first-order valence-electron chi connectivity index (χ1n) is 8.75. The standard InChI is InChI=1S/C19H18ClN5OS/c20-15-5-7-16(8-6-15)25-18(14-4-3-9-21-12-14)22-23-19(25)27-13-17(26)24-10-1-2-11-24/h3-9,12H,1-2,10-11,13H2. The second-order valence-corrected chi connectivity index (χ2v) is 7.62. The van der Waals surface area contributed by atoms with Gasteiger partial charge >= 0.3 is 0 Å². The number of rotatable bonds is 5. The molecular formula is C19H18ClN5OS. The Kier molecular flexibility index (Phi) is 5.40. The van der Waals surface area contributed by atoms with Crippen LogP contribution in [-0.4, -0.2) is 49.4 Å². The number of pyridine rings is 1. The molecule has 1 saturated heterocycles. The fraction of sp³-hybridized carbons (Fsp3) is 0.263. The van der Waals surface area contributed by atoms with Crippen molar-refractivity contribution in [3.05, 3.63) is 53.8 Å². The van der Waals surface area contributed by atoms with Crippen LogP contribution in [0.3, 0.4) is 0 Å². The molecule has 1 aliphatic heterocycles. The lowest BCUT2D eigenvalue weighted by Crippen LogP contribution is -2.29. The first-order chi connectivity index (χ1) is 13.2. The molecule has 1 fully saturated rings. The van der Waals surface area contributed by atoms with Crippen LogP contribution in [-0.2, 0) is 4.79 Å². The highest BCUT2D eigenvalue weighted by Crippen LogP contribution is 2.28. The van der Waals surface area contributed by atoms with E-state index in [0.717, 1.165) is 37.2 Å². The summed E-state index contributed by atoms with van der Waals surface area (Å²) in [5, 5.41) is 10.0. The van der Waals surface area contributed by atoms with Crippen molar-refractivity contribution in [1.29, 1.82) is 0 Å². The van der Waals surface area contributed by atoms with Crippen molar-refractivity contribution in [2.24, 2.45) is 0 Å². The zero-order valence-electron chi connectivity index (χ0n) is 14.6. The third kappa shape index (κ3) is 3.99. The molecule has 8 heteroatoms. The van der Waals surface area contributed by atoms with Crippen LogP contribution in [0.15, 0.2) is 53.9 Å². The number of nitrogens with zero attached hydrogens (tertiary/aromatic N) is 5. The van der Waals surface area contributed by atoms with Gasteiger partial charge in [-0.25, -0.2) is 0 Å². The van der Waals surface area contributed by atoms with Crippen molar-refractivity contribution in [3.8, 4) is 17.1 Å². The number of halogens is 1. The van der Waals surface area contributed by atoms with Crippen LogP contribution >= 0.6 is 23.4 Å². The molecule has 0 unspecified atom stereocenters. The number of benzene rings is 1. The van der Waals surface area contributed by atoms with E-state index in [-0.39, 0.29) is 5.91 Å². The molecule has 4 rings (SSSR count). The van der Waals surface area contributed by atoms with E-state index in [1.54, 1.807) is 12.4 Å². The Balaban J connectivity index is 1.65. The summed E-state index contributed by atoms with van der Waals surface area (Å²) >= 11 is 7.44. The van der Waals surface area contributed by atoms with Gasteiger partial charge in [-0.15, -0.1) is 10.2 Å². The SMILES string of the molecule is O=C(CSc1nnc(-c2cccnc2)n1-c1ccc(Cl)cc1)N1CCCC1. The molecule has 1 aliphatic rings. The topological polar surface area (TPSA) is 63.9 Å². The van der Waals surface area contributed by atoms with Crippen LogP contribution in [0.5, 0.6) is 0 Å². The summed E-state index contributed by atoms with van der Waals surface area (Å²) in [7, 11) is 0. The lowest BCUT2D eigenvalue weighted by molar-refractivity contribution is -0.127. The van der Waals surface area contributed by atoms with Gasteiger partial charge in [-0.05, 0) is 49.2 Å². The minimum absolute atomic E-state index is 0.145. The lowest BCUT2D eigenvalue weighted by Gasteiger charge is -2.15. The molecule has 6 nitrogen and oxygen atoms in total. The first-order valence-corrected chi connectivity index (χ1v) is 10.1. The highest BCUT2D eigenvalue weighted by Gasteiger charge is 2.21. The molecule has 2 aromatic heterocycles. The molecule has 1 amide bonds. The molecule has 0 aliphatic carbocycles. The molecule has 0 atom stereocenters. The van der Waals surface area contributed by atoms with E-state index >= 15 is 0 Å². The molecule has 0 spiro atoms. The van der Waals surface area contributed by atoms with E-state index < -0.39 is 0 Å². The minimum atomic E-state index is 0.145. The Morgan fingerprint density at radius 3 is 2.59 bits per heavy atom. The Morgan fingerprint density at radius 2 is 1.89 bits per heavy atom. The van der Waals surface area contributed by atoms with Crippen LogP contribution in [0.4, 0.5) is 0 Å². The van der Waals surface area contributed by atoms with Crippen LogP contribution in [0.1, 0.15) is 12.8 Å². The molecule has 0 saturated carbocycles. The van der Waals surface area contributed by atoms with Gasteiger partial charge in [0.05, 0.1) is 5.75 Å². The molecule has 138 valence electrons. The maximum atomic E-state index is 12.4. The van der Waals surface area contributed by atoms with Crippen molar-refractivity contribution < 1.29 is 4.79 Å². The van der Waals surface area contributed by atoms with E-state index in [0.29, 0.717) is 21.8 Å². The highest BCUT2D eigenvalue weighted by molar-refractivity contribution is 7.99. The van der Waals surface area contributed by atoms with Gasteiger partial charge in [-0.2, -0.15) is 0 Å². The Hall–Kier alpha value is -2.38. The second-order valence-electron chi connectivity index (χ2n) is 6.24. The van der Waals surface area contributed by atoms with Gasteiger partial charge in [0.25, 0.3) is 0 Å². The van der Waals surface area contributed by atoms with Gasteiger partial charge in [0.15, 0.2) is 11.0 Å². The van der Waals surface area contributed by atoms with Crippen molar-refractivity contribution in [3.63, 3.8) is 0 Å². The smallest absolute Gasteiger partial charge is 0.233 e. The summed E-state index contributed by atoms with van der Waals surface area (Å²) in [4.78, 5) is 18.5. The Morgan fingerprint density at radius 1 is 1.11 bits per heavy atom. The molecule has 3 aromatic rings. The van der Waals surface area contributed by atoms with Crippen LogP contribution < -0.4 is 0 Å². The van der Waals surface area contributed by atoms with Gasteiger partial charge in [-0.1, -0.05) is 23.4 Å². The summed E-state index contributed by atoms with van der Waals surface area (Å²) in [6.45, 7) is 1.70. The number of carbonyl (C=O) groups is 1. The minimum Gasteiger partial charge on any atom is -0.342 e. The molecular weight excluding hydrogens is 382 g/mol. The fourth-order valence-electron chi connectivity index (χ4n) is 3.05. The van der Waals surface area contributed by atoms with Gasteiger partial charge in [0.2, 0.25) is 5.91 Å². The third-order valence-electron chi connectivity index (χ3n) is 4.42. The second kappa shape index (κ2) is 8.10. The van der Waals surface area contributed by atoms with Crippen molar-refractivity contribution in [1.82, 2.24) is 24.6 Å². The number of amides is 1. The van der Waals surface area contributed by atoms with E-state index in [1.165, 1.54) is 11.8 Å².